The van der Waals surface area contributed by atoms with Crippen molar-refractivity contribution in [2.45, 2.75) is 19.4 Å². The lowest BCUT2D eigenvalue weighted by Crippen LogP contribution is -2.14. The molecule has 100 valence electrons. The molecule has 0 fully saturated rings. The van der Waals surface area contributed by atoms with Gasteiger partial charge in [0, 0.05) is 16.6 Å². The van der Waals surface area contributed by atoms with Crippen LogP contribution in [0.1, 0.15) is 22.7 Å². The molecule has 1 unspecified atom stereocenters. The summed E-state index contributed by atoms with van der Waals surface area (Å²) in [6.07, 6.45) is 0.777. The summed E-state index contributed by atoms with van der Waals surface area (Å²) in [5.41, 5.74) is 9.73. The molecule has 0 spiro atoms. The van der Waals surface area contributed by atoms with E-state index >= 15 is 0 Å². The number of hydrogen-bond acceptors (Lipinski definition) is 2. The fourth-order valence-corrected chi connectivity index (χ4v) is 2.36. The zero-order valence-electron chi connectivity index (χ0n) is 11.2. The summed E-state index contributed by atoms with van der Waals surface area (Å²) in [5.74, 6) is 0.743. The molecule has 0 bridgehead atoms. The molecule has 0 radical (unpaired) electrons. The van der Waals surface area contributed by atoms with Crippen molar-refractivity contribution in [3.63, 3.8) is 0 Å². The number of halogens is 1. The lowest BCUT2D eigenvalue weighted by Gasteiger charge is -2.16. The van der Waals surface area contributed by atoms with Crippen molar-refractivity contribution >= 4 is 11.6 Å². The minimum Gasteiger partial charge on any atom is -0.496 e. The maximum absolute atomic E-state index is 6.28. The Morgan fingerprint density at radius 2 is 2.00 bits per heavy atom. The average molecular weight is 276 g/mol. The Morgan fingerprint density at radius 1 is 1.21 bits per heavy atom. The van der Waals surface area contributed by atoms with Crippen LogP contribution in [-0.4, -0.2) is 7.11 Å². The highest BCUT2D eigenvalue weighted by Gasteiger charge is 2.13. The van der Waals surface area contributed by atoms with Crippen LogP contribution in [0, 0.1) is 6.92 Å². The fraction of sp³-hybridized carbons (Fsp3) is 0.250. The van der Waals surface area contributed by atoms with Crippen LogP contribution in [0.25, 0.3) is 0 Å². The molecule has 1 atom stereocenters. The summed E-state index contributed by atoms with van der Waals surface area (Å²) >= 11 is 5.96. The summed E-state index contributed by atoms with van der Waals surface area (Å²) in [5, 5.41) is 0.656. The highest BCUT2D eigenvalue weighted by molar-refractivity contribution is 6.30. The van der Waals surface area contributed by atoms with E-state index in [9.17, 15) is 0 Å². The third-order valence-corrected chi connectivity index (χ3v) is 3.37. The van der Waals surface area contributed by atoms with E-state index in [2.05, 4.69) is 31.2 Å². The first kappa shape index (κ1) is 13.9. The second kappa shape index (κ2) is 6.09. The number of ether oxygens (including phenoxy) is 1. The van der Waals surface area contributed by atoms with Crippen molar-refractivity contribution in [1.29, 1.82) is 0 Å². The molecule has 2 rings (SSSR count). The van der Waals surface area contributed by atoms with Gasteiger partial charge in [0.25, 0.3) is 0 Å². The maximum Gasteiger partial charge on any atom is 0.125 e. The second-order valence-corrected chi connectivity index (χ2v) is 5.12. The van der Waals surface area contributed by atoms with Gasteiger partial charge in [-0.05, 0) is 31.0 Å². The molecule has 0 saturated carbocycles. The van der Waals surface area contributed by atoms with Gasteiger partial charge in [0.2, 0.25) is 0 Å². The van der Waals surface area contributed by atoms with Crippen molar-refractivity contribution < 1.29 is 4.74 Å². The normalized spacial score (nSPS) is 12.2. The molecule has 3 heteroatoms. The predicted octanol–water partition coefficient (Wildman–Crippen LogP) is 3.90. The Hall–Kier alpha value is -1.51. The Morgan fingerprint density at radius 3 is 2.68 bits per heavy atom. The highest BCUT2D eigenvalue weighted by Crippen LogP contribution is 2.29. The Kier molecular flexibility index (Phi) is 4.46. The number of rotatable bonds is 4. The third kappa shape index (κ3) is 3.49. The van der Waals surface area contributed by atoms with Gasteiger partial charge >= 0.3 is 0 Å². The number of aryl methyl sites for hydroxylation is 1. The summed E-state index contributed by atoms with van der Waals surface area (Å²) in [6.45, 7) is 2.08. The minimum absolute atomic E-state index is 0.103. The molecule has 2 aromatic carbocycles. The minimum atomic E-state index is -0.103. The first-order valence-electron chi connectivity index (χ1n) is 6.24. The maximum atomic E-state index is 6.28. The number of methoxy groups -OCH3 is 1. The Bertz CT molecular complexity index is 568. The molecule has 0 aliphatic heterocycles. The Balaban J connectivity index is 2.22. The summed E-state index contributed by atoms with van der Waals surface area (Å²) in [7, 11) is 1.63. The van der Waals surface area contributed by atoms with Crippen LogP contribution < -0.4 is 10.5 Å². The largest absolute Gasteiger partial charge is 0.496 e. The molecule has 0 aliphatic rings. The second-order valence-electron chi connectivity index (χ2n) is 4.69. The van der Waals surface area contributed by atoms with Gasteiger partial charge in [0.1, 0.15) is 5.75 Å². The zero-order valence-corrected chi connectivity index (χ0v) is 11.9. The fourth-order valence-electron chi connectivity index (χ4n) is 2.19. The summed E-state index contributed by atoms with van der Waals surface area (Å²) in [6, 6.07) is 13.9. The number of benzene rings is 2. The molecule has 0 heterocycles. The smallest absolute Gasteiger partial charge is 0.125 e. The van der Waals surface area contributed by atoms with Gasteiger partial charge in [-0.1, -0.05) is 47.5 Å². The van der Waals surface area contributed by atoms with Gasteiger partial charge in [-0.15, -0.1) is 0 Å². The van der Waals surface area contributed by atoms with Gasteiger partial charge in [-0.25, -0.2) is 0 Å². The average Bonchev–Trinajstić information content (AvgIpc) is 2.38. The first-order chi connectivity index (χ1) is 9.10. The van der Waals surface area contributed by atoms with Crippen molar-refractivity contribution in [1.82, 2.24) is 0 Å². The predicted molar refractivity (Wildman–Crippen MR) is 79.8 cm³/mol. The van der Waals surface area contributed by atoms with Crippen molar-refractivity contribution in [3.8, 4) is 5.75 Å². The van der Waals surface area contributed by atoms with E-state index < -0.39 is 0 Å². The molecular formula is C16H18ClNO. The van der Waals surface area contributed by atoms with Crippen molar-refractivity contribution in [2.24, 2.45) is 5.73 Å². The monoisotopic (exact) mass is 275 g/mol. The molecular weight excluding hydrogens is 258 g/mol. The van der Waals surface area contributed by atoms with Crippen LogP contribution in [0.5, 0.6) is 5.75 Å². The van der Waals surface area contributed by atoms with Gasteiger partial charge in [0.15, 0.2) is 0 Å². The first-order valence-corrected chi connectivity index (χ1v) is 6.62. The van der Waals surface area contributed by atoms with Gasteiger partial charge < -0.3 is 10.5 Å². The summed E-state index contributed by atoms with van der Waals surface area (Å²) in [4.78, 5) is 0. The quantitative estimate of drug-likeness (QED) is 0.918. The molecule has 0 aromatic heterocycles. The molecule has 2 N–H and O–H groups in total. The molecule has 2 nitrogen and oxygen atoms in total. The summed E-state index contributed by atoms with van der Waals surface area (Å²) < 4.78 is 5.34. The van der Waals surface area contributed by atoms with Crippen molar-refractivity contribution in [2.75, 3.05) is 7.11 Å². The van der Waals surface area contributed by atoms with E-state index in [0.717, 1.165) is 17.7 Å². The zero-order chi connectivity index (χ0) is 13.8. The third-order valence-electron chi connectivity index (χ3n) is 3.13. The van der Waals surface area contributed by atoms with Gasteiger partial charge in [-0.3, -0.25) is 0 Å². The van der Waals surface area contributed by atoms with E-state index in [1.54, 1.807) is 13.2 Å². The van der Waals surface area contributed by atoms with Crippen LogP contribution in [0.2, 0.25) is 5.02 Å². The lowest BCUT2D eigenvalue weighted by molar-refractivity contribution is 0.405. The molecule has 0 aliphatic carbocycles. The van der Waals surface area contributed by atoms with E-state index in [1.165, 1.54) is 11.1 Å². The van der Waals surface area contributed by atoms with E-state index in [0.29, 0.717) is 5.02 Å². The van der Waals surface area contributed by atoms with E-state index in [1.807, 2.05) is 12.1 Å². The molecule has 2 aromatic rings. The van der Waals surface area contributed by atoms with E-state index in [-0.39, 0.29) is 6.04 Å². The number of hydrogen-bond donors (Lipinski definition) is 1. The topological polar surface area (TPSA) is 35.2 Å². The SMILES string of the molecule is COc1cc(Cl)ccc1C(N)Cc1cccc(C)c1. The van der Waals surface area contributed by atoms with Crippen LogP contribution >= 0.6 is 11.6 Å². The van der Waals surface area contributed by atoms with Crippen LogP contribution in [-0.2, 0) is 6.42 Å². The lowest BCUT2D eigenvalue weighted by atomic mass is 9.98. The van der Waals surface area contributed by atoms with Crippen LogP contribution in [0.4, 0.5) is 0 Å². The number of nitrogens with two attached hydrogens (primary N) is 1. The van der Waals surface area contributed by atoms with Crippen LogP contribution in [0.15, 0.2) is 42.5 Å². The van der Waals surface area contributed by atoms with Crippen molar-refractivity contribution in [3.05, 3.63) is 64.2 Å². The molecule has 0 amide bonds. The van der Waals surface area contributed by atoms with Gasteiger partial charge in [0.05, 0.1) is 7.11 Å². The molecule has 0 saturated heterocycles. The standard InChI is InChI=1S/C16H18ClNO/c1-11-4-3-5-12(8-11)9-15(18)14-7-6-13(17)10-16(14)19-2/h3-8,10,15H,9,18H2,1-2H3. The van der Waals surface area contributed by atoms with Crippen LogP contribution in [0.3, 0.4) is 0 Å². The van der Waals surface area contributed by atoms with Gasteiger partial charge in [-0.2, -0.15) is 0 Å². The van der Waals surface area contributed by atoms with E-state index in [4.69, 9.17) is 22.1 Å². The molecule has 19 heavy (non-hydrogen) atoms. The Labute approximate surface area is 119 Å². The highest BCUT2D eigenvalue weighted by atomic mass is 35.5.